The number of ether oxygens (including phenoxy) is 4. The second-order valence-electron chi connectivity index (χ2n) is 18.6. The van der Waals surface area contributed by atoms with Crippen LogP contribution in [0.25, 0.3) is 0 Å². The molecule has 0 spiro atoms. The zero-order chi connectivity index (χ0) is 52.0. The molecule has 6 unspecified atom stereocenters. The van der Waals surface area contributed by atoms with Crippen LogP contribution < -0.4 is 11.1 Å². The predicted molar refractivity (Wildman–Crippen MR) is 252 cm³/mol. The van der Waals surface area contributed by atoms with Crippen molar-refractivity contribution in [3.8, 4) is 0 Å². The molecular weight excluding hydrogens is 921 g/mol. The largest absolute Gasteiger partial charge is 0.462 e. The van der Waals surface area contributed by atoms with Gasteiger partial charge in [0, 0.05) is 38.0 Å². The number of amides is 1. The number of carbonyl (C=O) groups is 2. The van der Waals surface area contributed by atoms with Gasteiger partial charge in [-0.05, 0) is 26.2 Å². The van der Waals surface area contributed by atoms with Crippen molar-refractivity contribution in [2.75, 3.05) is 26.4 Å². The molecule has 3 heterocycles. The number of cyclic esters (lactones) is 1. The normalized spacial score (nSPS) is 41.2. The lowest BCUT2D eigenvalue weighted by atomic mass is 9.81. The third-order valence-electron chi connectivity index (χ3n) is 12.4. The van der Waals surface area contributed by atoms with Gasteiger partial charge in [-0.25, -0.2) is 0 Å². The Morgan fingerprint density at radius 2 is 1.27 bits per heavy atom. The van der Waals surface area contributed by atoms with Crippen LogP contribution in [0.4, 0.5) is 0 Å². The first kappa shape index (κ1) is 60.7. The van der Waals surface area contributed by atoms with E-state index in [1.54, 1.807) is 85.9 Å². The molecule has 17 atom stereocenters. The van der Waals surface area contributed by atoms with Crippen molar-refractivity contribution < 1.29 is 94.9 Å². The number of nitrogens with one attached hydrogen (secondary N) is 1. The molecule has 1 amide bonds. The molecule has 0 aromatic rings. The van der Waals surface area contributed by atoms with Crippen LogP contribution in [-0.2, 0) is 28.5 Å². The van der Waals surface area contributed by atoms with Gasteiger partial charge >= 0.3 is 5.97 Å². The summed E-state index contributed by atoms with van der Waals surface area (Å²) in [4.78, 5) is 26.4. The van der Waals surface area contributed by atoms with Crippen LogP contribution in [0, 0.1) is 11.8 Å². The Morgan fingerprint density at radius 1 is 0.700 bits per heavy atom. The van der Waals surface area contributed by atoms with Gasteiger partial charge in [-0.3, -0.25) is 9.59 Å². The van der Waals surface area contributed by atoms with Gasteiger partial charge < -0.3 is 96.4 Å². The highest BCUT2D eigenvalue weighted by Gasteiger charge is 2.51. The Labute approximate surface area is 408 Å². The first-order chi connectivity index (χ1) is 33.1. The van der Waals surface area contributed by atoms with Crippen molar-refractivity contribution in [2.24, 2.45) is 17.6 Å². The summed E-state index contributed by atoms with van der Waals surface area (Å²) in [5.41, 5.74) is 4.05. The average Bonchev–Trinajstić information content (AvgIpc) is 3.29. The van der Waals surface area contributed by atoms with Crippen molar-refractivity contribution in [3.05, 3.63) is 85.1 Å². The summed E-state index contributed by atoms with van der Waals surface area (Å²) in [5.74, 6) is -6.04. The standard InChI is InChI=1S/C49H78N2O19/c1-30-15-13-11-9-7-5-3-4-6-8-10-12-14-16-35(69-47-45(64)44(50)40(62)26-67-47)23-41-43(46(65)51-48(27-52,28-53)29-54)39(61)25-49(66,70-41)24-34(57)21-38(60)36(58)18-17-32(55)20-33(56)22-42(63)68-31(2)19-37(30)59/h3-16,30-41,43-45,47,52-62,64,66H,17-29,50H2,1-2H3,(H,51,65)/b4-3+,7-5+,8-6+,11-9+,12-10+,15-13+,16-14+/t30-,31-,32?,33?,34?,35?,36+,37-,38?,39-,40+,41-,43+,44-,45-,47-,49?/m0/s1. The van der Waals surface area contributed by atoms with Crippen LogP contribution >= 0.6 is 0 Å². The number of allylic oxidation sites excluding steroid dienone is 12. The predicted octanol–water partition coefficient (Wildman–Crippen LogP) is -2.18. The molecule has 0 saturated carbocycles. The van der Waals surface area contributed by atoms with E-state index in [0.717, 1.165) is 0 Å². The minimum absolute atomic E-state index is 0.134. The number of nitrogens with two attached hydrogens (primary N) is 1. The van der Waals surface area contributed by atoms with Crippen molar-refractivity contribution in [1.29, 1.82) is 0 Å². The van der Waals surface area contributed by atoms with Gasteiger partial charge in [0.1, 0.15) is 17.7 Å². The Hall–Kier alpha value is -3.56. The molecule has 0 radical (unpaired) electrons. The van der Waals surface area contributed by atoms with Crippen LogP contribution in [0.3, 0.4) is 0 Å². The molecule has 3 aliphatic heterocycles. The van der Waals surface area contributed by atoms with Crippen LogP contribution in [-0.4, -0.2) is 202 Å². The summed E-state index contributed by atoms with van der Waals surface area (Å²) in [6, 6.07) is -1.17. The van der Waals surface area contributed by atoms with Crippen LogP contribution in [0.5, 0.6) is 0 Å². The minimum atomic E-state index is -2.41. The SMILES string of the molecule is C[C@H]1C[C@H](O)[C@@H](C)/C=C/C=C/C=C/C=C/C=C/C=C/C=C/C(O[C@@H]2OC[C@@H](O)[C@H](N)[C@@H]2O)C[C@@H]2OC(O)(CC(O)CC(O)[C@H](O)CCC(O)CC(O)CC(=O)O1)C[C@H](O)[C@H]2C(=O)NC(CO)(CO)CO. The zero-order valence-corrected chi connectivity index (χ0v) is 39.9. The van der Waals surface area contributed by atoms with Crippen molar-refractivity contribution in [1.82, 2.24) is 5.32 Å². The van der Waals surface area contributed by atoms with Crippen molar-refractivity contribution in [3.63, 3.8) is 0 Å². The molecule has 21 nitrogen and oxygen atoms in total. The molecule has 3 rings (SSSR count). The molecule has 70 heavy (non-hydrogen) atoms. The summed E-state index contributed by atoms with van der Waals surface area (Å²) in [6.07, 6.45) is 3.41. The van der Waals surface area contributed by atoms with E-state index in [4.69, 9.17) is 24.7 Å². The second-order valence-corrected chi connectivity index (χ2v) is 18.6. The number of hydrogen-bond acceptors (Lipinski definition) is 20. The highest BCUT2D eigenvalue weighted by molar-refractivity contribution is 5.81. The topological polar surface area (TPSA) is 372 Å². The summed E-state index contributed by atoms with van der Waals surface area (Å²) in [7, 11) is 0. The number of rotatable bonds is 7. The Balaban J connectivity index is 1.95. The van der Waals surface area contributed by atoms with Gasteiger partial charge in [0.2, 0.25) is 5.91 Å². The van der Waals surface area contributed by atoms with E-state index in [0.29, 0.717) is 0 Å². The average molecular weight is 999 g/mol. The van der Waals surface area contributed by atoms with E-state index in [9.17, 15) is 76.0 Å². The third kappa shape index (κ3) is 20.5. The molecule has 2 fully saturated rings. The lowest BCUT2D eigenvalue weighted by molar-refractivity contribution is -0.304. The van der Waals surface area contributed by atoms with E-state index in [-0.39, 0.29) is 44.6 Å². The quantitative estimate of drug-likeness (QED) is 0.121. The number of carbonyl (C=O) groups excluding carboxylic acids is 2. The fourth-order valence-corrected chi connectivity index (χ4v) is 8.12. The first-order valence-electron chi connectivity index (χ1n) is 23.7. The monoisotopic (exact) mass is 999 g/mol. The summed E-state index contributed by atoms with van der Waals surface area (Å²) >= 11 is 0. The van der Waals surface area contributed by atoms with E-state index in [1.165, 1.54) is 6.08 Å². The van der Waals surface area contributed by atoms with E-state index in [1.807, 2.05) is 6.92 Å². The summed E-state index contributed by atoms with van der Waals surface area (Å²) in [5, 5.41) is 141. The molecule has 2 saturated heterocycles. The molecule has 398 valence electrons. The molecule has 16 N–H and O–H groups in total. The third-order valence-corrected chi connectivity index (χ3v) is 12.4. The van der Waals surface area contributed by atoms with Gasteiger partial charge in [0.15, 0.2) is 12.1 Å². The molecule has 3 aliphatic rings. The maximum atomic E-state index is 13.9. The van der Waals surface area contributed by atoms with Gasteiger partial charge in [-0.2, -0.15) is 0 Å². The second kappa shape index (κ2) is 30.5. The van der Waals surface area contributed by atoms with Gasteiger partial charge in [-0.1, -0.05) is 92.0 Å². The molecule has 0 aliphatic carbocycles. The van der Waals surface area contributed by atoms with E-state index in [2.05, 4.69) is 5.32 Å². The zero-order valence-electron chi connectivity index (χ0n) is 39.9. The molecular formula is C49H78N2O19. The highest BCUT2D eigenvalue weighted by atomic mass is 16.7. The first-order valence-corrected chi connectivity index (χ1v) is 23.7. The number of aliphatic hydroxyl groups is 13. The molecule has 0 aromatic heterocycles. The van der Waals surface area contributed by atoms with Crippen LogP contribution in [0.1, 0.15) is 71.6 Å². The summed E-state index contributed by atoms with van der Waals surface area (Å²) < 4.78 is 23.1. The van der Waals surface area contributed by atoms with Crippen molar-refractivity contribution in [2.45, 2.75) is 169 Å². The lowest BCUT2D eigenvalue weighted by Crippen LogP contribution is -2.63. The lowest BCUT2D eigenvalue weighted by Gasteiger charge is -2.46. The number of fused-ring (bicyclic) bond motifs is 2. The van der Waals surface area contributed by atoms with Crippen molar-refractivity contribution >= 4 is 11.9 Å². The van der Waals surface area contributed by atoms with Gasteiger partial charge in [-0.15, -0.1) is 0 Å². The fourth-order valence-electron chi connectivity index (χ4n) is 8.12. The molecule has 0 aromatic carbocycles. The molecule has 21 heteroatoms. The van der Waals surface area contributed by atoms with Gasteiger partial charge in [0.25, 0.3) is 0 Å². The summed E-state index contributed by atoms with van der Waals surface area (Å²) in [6.45, 7) is 0.388. The maximum absolute atomic E-state index is 13.9. The smallest absolute Gasteiger partial charge is 0.308 e. The minimum Gasteiger partial charge on any atom is -0.462 e. The fraction of sp³-hybridized carbons (Fsp3) is 0.673. The number of aliphatic hydroxyl groups excluding tert-OH is 12. The highest BCUT2D eigenvalue weighted by Crippen LogP contribution is 2.38. The molecule has 2 bridgehead atoms. The van der Waals surface area contributed by atoms with Crippen LogP contribution in [0.15, 0.2) is 85.1 Å². The Kier molecular flexibility index (Phi) is 26.4. The Morgan fingerprint density at radius 3 is 1.86 bits per heavy atom. The number of hydrogen-bond donors (Lipinski definition) is 15. The van der Waals surface area contributed by atoms with Crippen LogP contribution in [0.2, 0.25) is 0 Å². The maximum Gasteiger partial charge on any atom is 0.308 e. The van der Waals surface area contributed by atoms with E-state index < -0.39 is 160 Å². The number of esters is 1. The van der Waals surface area contributed by atoms with E-state index >= 15 is 0 Å². The van der Waals surface area contributed by atoms with Gasteiger partial charge in [0.05, 0.1) is 106 Å². The Bertz CT molecular complexity index is 1760.